The predicted octanol–water partition coefficient (Wildman–Crippen LogP) is 1.75. The molecule has 0 bridgehead atoms. The van der Waals surface area contributed by atoms with Crippen LogP contribution in [-0.4, -0.2) is 10.5 Å². The molecule has 0 saturated carbocycles. The SMILES string of the molecule is [N-]=[N+]=C1C=C[CH]C=C1I. The van der Waals surface area contributed by atoms with Crippen LogP contribution in [0.3, 0.4) is 0 Å². The van der Waals surface area contributed by atoms with Crippen molar-refractivity contribution in [3.63, 3.8) is 0 Å². The molecule has 3 heteroatoms. The first kappa shape index (κ1) is 6.71. The van der Waals surface area contributed by atoms with Crippen molar-refractivity contribution < 1.29 is 4.79 Å². The van der Waals surface area contributed by atoms with E-state index in [1.807, 2.05) is 18.6 Å². The summed E-state index contributed by atoms with van der Waals surface area (Å²) < 4.78 is 0.956. The van der Waals surface area contributed by atoms with Crippen LogP contribution in [0.1, 0.15) is 0 Å². The van der Waals surface area contributed by atoms with Crippen LogP contribution in [0, 0.1) is 6.42 Å². The second-order valence-electron chi connectivity index (χ2n) is 1.55. The van der Waals surface area contributed by atoms with Crippen LogP contribution in [0.15, 0.2) is 21.8 Å². The van der Waals surface area contributed by atoms with E-state index in [1.54, 1.807) is 6.08 Å². The molecule has 1 aliphatic carbocycles. The molecule has 0 aromatic rings. The Balaban J connectivity index is 2.96. The van der Waals surface area contributed by atoms with Crippen molar-refractivity contribution >= 4 is 28.3 Å². The van der Waals surface area contributed by atoms with Crippen molar-refractivity contribution in [3.05, 3.63) is 33.8 Å². The van der Waals surface area contributed by atoms with Crippen LogP contribution in [-0.2, 0) is 0 Å². The maximum atomic E-state index is 8.34. The van der Waals surface area contributed by atoms with Gasteiger partial charge in [-0.25, -0.2) is 0 Å². The van der Waals surface area contributed by atoms with Crippen molar-refractivity contribution in [1.82, 2.24) is 0 Å². The van der Waals surface area contributed by atoms with Gasteiger partial charge in [0.05, 0.1) is 3.58 Å². The molecule has 1 radical (unpaired) electrons. The van der Waals surface area contributed by atoms with Gasteiger partial charge in [-0.05, 0) is 22.6 Å². The number of hydrogen-bond acceptors (Lipinski definition) is 0. The highest BCUT2D eigenvalue weighted by molar-refractivity contribution is 14.1. The largest absolute Gasteiger partial charge is 0.361 e. The van der Waals surface area contributed by atoms with Crippen LogP contribution in [0.2, 0.25) is 0 Å². The van der Waals surface area contributed by atoms with Crippen molar-refractivity contribution in [2.45, 2.75) is 0 Å². The molecule has 45 valence electrons. The van der Waals surface area contributed by atoms with Gasteiger partial charge < -0.3 is 5.53 Å². The van der Waals surface area contributed by atoms with E-state index in [4.69, 9.17) is 5.53 Å². The zero-order chi connectivity index (χ0) is 6.69. The van der Waals surface area contributed by atoms with Gasteiger partial charge in [-0.2, -0.15) is 4.79 Å². The minimum absolute atomic E-state index is 0.623. The molecule has 2 nitrogen and oxygen atoms in total. The number of rotatable bonds is 0. The van der Waals surface area contributed by atoms with Crippen molar-refractivity contribution in [2.24, 2.45) is 0 Å². The van der Waals surface area contributed by atoms with Gasteiger partial charge in [-0.3, -0.25) is 0 Å². The Hall–Kier alpha value is -0.410. The summed E-state index contributed by atoms with van der Waals surface area (Å²) in [5.41, 5.74) is 8.96. The second kappa shape index (κ2) is 2.94. The van der Waals surface area contributed by atoms with Gasteiger partial charge in [0.2, 0.25) is 0 Å². The first-order valence-corrected chi connectivity index (χ1v) is 3.52. The second-order valence-corrected chi connectivity index (χ2v) is 2.71. The molecule has 0 atom stereocenters. The molecule has 1 aliphatic rings. The minimum atomic E-state index is 0.623. The third-order valence-electron chi connectivity index (χ3n) is 0.960. The van der Waals surface area contributed by atoms with E-state index in [2.05, 4.69) is 27.4 Å². The normalized spacial score (nSPS) is 17.0. The first-order chi connectivity index (χ1) is 4.34. The van der Waals surface area contributed by atoms with Crippen LogP contribution >= 0.6 is 22.6 Å². The molecular formula is C6H4IN2. The predicted molar refractivity (Wildman–Crippen MR) is 44.2 cm³/mol. The lowest BCUT2D eigenvalue weighted by atomic mass is 10.2. The van der Waals surface area contributed by atoms with Crippen LogP contribution in [0.4, 0.5) is 0 Å². The molecule has 1 rings (SSSR count). The number of hydrogen-bond donors (Lipinski definition) is 0. The van der Waals surface area contributed by atoms with Crippen molar-refractivity contribution in [2.75, 3.05) is 0 Å². The number of halogens is 1. The van der Waals surface area contributed by atoms with Crippen molar-refractivity contribution in [3.8, 4) is 0 Å². The highest BCUT2D eigenvalue weighted by Crippen LogP contribution is 2.12. The standard InChI is InChI=1S/C6H4IN2/c7-5-3-1-2-4-6(5)9-8/h1-4H. The first-order valence-electron chi connectivity index (χ1n) is 2.44. The smallest absolute Gasteiger partial charge is 0.327 e. The van der Waals surface area contributed by atoms with Crippen molar-refractivity contribution in [1.29, 1.82) is 0 Å². The molecule has 0 amide bonds. The molecule has 0 heterocycles. The average Bonchev–Trinajstić information content (AvgIpc) is 1.89. The fraction of sp³-hybridized carbons (Fsp3) is 0. The third kappa shape index (κ3) is 1.50. The van der Waals surface area contributed by atoms with E-state index >= 15 is 0 Å². The fourth-order valence-corrected chi connectivity index (χ4v) is 1.03. The summed E-state index contributed by atoms with van der Waals surface area (Å²) in [6, 6.07) is 0. The Morgan fingerprint density at radius 3 is 2.78 bits per heavy atom. The Morgan fingerprint density at radius 2 is 2.33 bits per heavy atom. The zero-order valence-electron chi connectivity index (χ0n) is 4.58. The molecule has 0 aliphatic heterocycles. The van der Waals surface area contributed by atoms with E-state index in [-0.39, 0.29) is 0 Å². The van der Waals surface area contributed by atoms with Crippen LogP contribution < -0.4 is 0 Å². The molecule has 0 aromatic heterocycles. The zero-order valence-corrected chi connectivity index (χ0v) is 6.74. The highest BCUT2D eigenvalue weighted by Gasteiger charge is 2.09. The summed E-state index contributed by atoms with van der Waals surface area (Å²) >= 11 is 2.11. The Kier molecular flexibility index (Phi) is 2.19. The van der Waals surface area contributed by atoms with Gasteiger partial charge in [-0.1, -0.05) is 12.2 Å². The molecule has 9 heavy (non-hydrogen) atoms. The number of allylic oxidation sites excluding steroid dienone is 4. The molecular weight excluding hydrogens is 227 g/mol. The van der Waals surface area contributed by atoms with Crippen LogP contribution in [0.5, 0.6) is 0 Å². The van der Waals surface area contributed by atoms with Gasteiger partial charge in [0.25, 0.3) is 0 Å². The molecule has 0 spiro atoms. The van der Waals surface area contributed by atoms with Gasteiger partial charge in [-0.15, -0.1) is 0 Å². The highest BCUT2D eigenvalue weighted by atomic mass is 127. The summed E-state index contributed by atoms with van der Waals surface area (Å²) in [5.74, 6) is 0. The van der Waals surface area contributed by atoms with Gasteiger partial charge in [0, 0.05) is 12.5 Å². The maximum Gasteiger partial charge on any atom is 0.327 e. The van der Waals surface area contributed by atoms with E-state index < -0.39 is 0 Å². The monoisotopic (exact) mass is 231 g/mol. The van der Waals surface area contributed by atoms with E-state index in [0.29, 0.717) is 5.71 Å². The number of nitrogens with zero attached hydrogens (tertiary/aromatic N) is 2. The molecule has 0 saturated heterocycles. The Labute approximate surface area is 67.0 Å². The summed E-state index contributed by atoms with van der Waals surface area (Å²) in [7, 11) is 0. The van der Waals surface area contributed by atoms with E-state index in [1.165, 1.54) is 0 Å². The summed E-state index contributed by atoms with van der Waals surface area (Å²) in [6.07, 6.45) is 7.37. The summed E-state index contributed by atoms with van der Waals surface area (Å²) in [6.45, 7) is 0. The summed E-state index contributed by atoms with van der Waals surface area (Å²) in [5, 5.41) is 0. The van der Waals surface area contributed by atoms with Gasteiger partial charge >= 0.3 is 5.71 Å². The molecule has 0 unspecified atom stereocenters. The Morgan fingerprint density at radius 1 is 1.56 bits per heavy atom. The third-order valence-corrected chi connectivity index (χ3v) is 1.87. The lowest BCUT2D eigenvalue weighted by Crippen LogP contribution is -1.97. The summed E-state index contributed by atoms with van der Waals surface area (Å²) in [4.78, 5) is 3.06. The van der Waals surface area contributed by atoms with E-state index in [9.17, 15) is 0 Å². The van der Waals surface area contributed by atoms with Gasteiger partial charge in [0.15, 0.2) is 0 Å². The molecule has 0 N–H and O–H groups in total. The van der Waals surface area contributed by atoms with E-state index in [0.717, 1.165) is 3.58 Å². The molecule has 0 fully saturated rings. The quantitative estimate of drug-likeness (QED) is 0.346. The average molecular weight is 231 g/mol. The lowest BCUT2D eigenvalue weighted by molar-refractivity contribution is -0.00172. The lowest BCUT2D eigenvalue weighted by Gasteiger charge is -1.91. The van der Waals surface area contributed by atoms with Gasteiger partial charge in [0.1, 0.15) is 0 Å². The van der Waals surface area contributed by atoms with Crippen LogP contribution in [0.25, 0.3) is 5.53 Å². The topological polar surface area (TPSA) is 36.4 Å². The Bertz CT molecular complexity index is 221. The fourth-order valence-electron chi connectivity index (χ4n) is 0.533. The minimum Gasteiger partial charge on any atom is -0.361 e. The maximum absolute atomic E-state index is 8.34. The molecule has 0 aromatic carbocycles.